The number of rotatable bonds is 3. The summed E-state index contributed by atoms with van der Waals surface area (Å²) in [5, 5.41) is 3.83. The van der Waals surface area contributed by atoms with E-state index in [9.17, 15) is 0 Å². The molecule has 2 atom stereocenters. The largest absolute Gasteiger partial charge is 0.376 e. The van der Waals surface area contributed by atoms with Gasteiger partial charge in [0.2, 0.25) is 0 Å². The lowest BCUT2D eigenvalue weighted by Crippen LogP contribution is -2.60. The van der Waals surface area contributed by atoms with Gasteiger partial charge in [-0.05, 0) is 80.6 Å². The van der Waals surface area contributed by atoms with Gasteiger partial charge in [0.05, 0.1) is 4.99 Å². The summed E-state index contributed by atoms with van der Waals surface area (Å²) in [6.07, 6.45) is 10.8. The molecule has 1 aromatic rings. The molecule has 0 heterocycles. The molecule has 144 valence electrons. The lowest BCUT2D eigenvalue weighted by Gasteiger charge is -2.63. The molecule has 0 amide bonds. The Labute approximate surface area is 169 Å². The number of nitrogens with one attached hydrogen (secondary N) is 1. The quantitative estimate of drug-likeness (QED) is 0.580. The third-order valence-electron chi connectivity index (χ3n) is 8.25. The van der Waals surface area contributed by atoms with Crippen LogP contribution >= 0.6 is 12.2 Å². The predicted octanol–water partition coefficient (Wildman–Crippen LogP) is 4.88. The molecule has 0 radical (unpaired) electrons. The van der Waals surface area contributed by atoms with Crippen LogP contribution in [-0.4, -0.2) is 17.1 Å². The van der Waals surface area contributed by atoms with Crippen molar-refractivity contribution in [2.24, 2.45) is 23.0 Å². The lowest BCUT2D eigenvalue weighted by atomic mass is 9.41. The van der Waals surface area contributed by atoms with Gasteiger partial charge >= 0.3 is 0 Å². The van der Waals surface area contributed by atoms with Gasteiger partial charge in [-0.3, -0.25) is 0 Å². The molecule has 2 nitrogen and oxygen atoms in total. The van der Waals surface area contributed by atoms with E-state index >= 15 is 0 Å². The maximum atomic E-state index is 6.12. The molecule has 6 rings (SSSR count). The first kappa shape index (κ1) is 17.9. The Kier molecular flexibility index (Phi) is 4.25. The van der Waals surface area contributed by atoms with Gasteiger partial charge in [-0.1, -0.05) is 54.7 Å². The fourth-order valence-corrected chi connectivity index (χ4v) is 7.39. The molecule has 5 saturated carbocycles. The van der Waals surface area contributed by atoms with Crippen molar-refractivity contribution in [3.05, 3.63) is 48.0 Å². The Bertz CT molecular complexity index is 729. The zero-order valence-electron chi connectivity index (χ0n) is 16.3. The second-order valence-corrected chi connectivity index (χ2v) is 10.4. The predicted molar refractivity (Wildman–Crippen MR) is 116 cm³/mol. The minimum Gasteiger partial charge on any atom is -0.376 e. The molecule has 1 aromatic carbocycles. The molecular weight excluding hydrogens is 348 g/mol. The van der Waals surface area contributed by atoms with E-state index in [2.05, 4.69) is 42.2 Å². The fourth-order valence-electron chi connectivity index (χ4n) is 6.99. The molecule has 2 unspecified atom stereocenters. The highest BCUT2D eigenvalue weighted by Crippen LogP contribution is 2.67. The van der Waals surface area contributed by atoms with Gasteiger partial charge in [0.25, 0.3) is 0 Å². The third-order valence-corrected chi connectivity index (χ3v) is 8.80. The van der Waals surface area contributed by atoms with Crippen LogP contribution in [-0.2, 0) is 5.41 Å². The van der Waals surface area contributed by atoms with Gasteiger partial charge in [0.1, 0.15) is 0 Å². The van der Waals surface area contributed by atoms with E-state index < -0.39 is 0 Å². The number of benzene rings is 1. The SMILES string of the molecule is C=C1C2CC3(C(=S)N[C@H]4CC[C@H](N)CC4)CC1CC(c1ccccc1)(C2)C3. The molecule has 3 N–H and O–H groups in total. The van der Waals surface area contributed by atoms with Crippen molar-refractivity contribution >= 4 is 17.2 Å². The Balaban J connectivity index is 1.42. The van der Waals surface area contributed by atoms with E-state index in [1.807, 2.05) is 0 Å². The highest BCUT2D eigenvalue weighted by molar-refractivity contribution is 7.80. The molecular formula is C24H32N2S. The minimum absolute atomic E-state index is 0.178. The number of hydrogen-bond donors (Lipinski definition) is 2. The number of hydrogen-bond acceptors (Lipinski definition) is 2. The third kappa shape index (κ3) is 2.89. The van der Waals surface area contributed by atoms with Crippen molar-refractivity contribution in [2.75, 3.05) is 0 Å². The van der Waals surface area contributed by atoms with Crippen LogP contribution < -0.4 is 11.1 Å². The van der Waals surface area contributed by atoms with Crippen LogP contribution in [0.2, 0.25) is 0 Å². The van der Waals surface area contributed by atoms with Gasteiger partial charge in [-0.2, -0.15) is 0 Å². The molecule has 5 aliphatic rings. The number of allylic oxidation sites excluding steroid dienone is 1. The van der Waals surface area contributed by atoms with Crippen LogP contribution in [0.25, 0.3) is 0 Å². The first-order chi connectivity index (χ1) is 13.0. The van der Waals surface area contributed by atoms with Crippen LogP contribution in [0, 0.1) is 17.3 Å². The maximum absolute atomic E-state index is 6.12. The normalized spacial score (nSPS) is 42.9. The molecule has 0 aliphatic heterocycles. The van der Waals surface area contributed by atoms with Crippen LogP contribution in [0.1, 0.15) is 63.4 Å². The summed E-state index contributed by atoms with van der Waals surface area (Å²) in [6.45, 7) is 4.52. The van der Waals surface area contributed by atoms with Crippen molar-refractivity contribution < 1.29 is 0 Å². The van der Waals surface area contributed by atoms with Crippen LogP contribution in [0.15, 0.2) is 42.5 Å². The summed E-state index contributed by atoms with van der Waals surface area (Å²) in [5.74, 6) is 1.29. The van der Waals surface area contributed by atoms with E-state index in [-0.39, 0.29) is 5.41 Å². The summed E-state index contributed by atoms with van der Waals surface area (Å²) < 4.78 is 0. The van der Waals surface area contributed by atoms with Crippen LogP contribution in [0.3, 0.4) is 0 Å². The Morgan fingerprint density at radius 2 is 1.63 bits per heavy atom. The zero-order chi connectivity index (χ0) is 18.6. The standard InChI is InChI=1S/C24H32N2S/c1-16-17-11-23(19-5-3-2-4-6-19)12-18(16)14-24(13-17,15-23)22(27)26-21-9-7-20(25)8-10-21/h2-6,17-18,20-21H,1,7-15,25H2,(H,26,27)/t17?,18?,20-,21-,23?,24?. The van der Waals surface area contributed by atoms with Crippen molar-refractivity contribution in [1.82, 2.24) is 5.32 Å². The van der Waals surface area contributed by atoms with Crippen molar-refractivity contribution in [3.63, 3.8) is 0 Å². The summed E-state index contributed by atoms with van der Waals surface area (Å²) in [5.41, 5.74) is 9.63. The topological polar surface area (TPSA) is 38.0 Å². The fraction of sp³-hybridized carbons (Fsp3) is 0.625. The Hall–Kier alpha value is -1.19. The molecule has 5 fully saturated rings. The maximum Gasteiger partial charge on any atom is 0.0818 e. The average molecular weight is 381 g/mol. The van der Waals surface area contributed by atoms with E-state index in [0.29, 0.717) is 29.3 Å². The average Bonchev–Trinajstić information content (AvgIpc) is 2.68. The zero-order valence-corrected chi connectivity index (χ0v) is 17.1. The van der Waals surface area contributed by atoms with Gasteiger partial charge in [0, 0.05) is 17.5 Å². The van der Waals surface area contributed by atoms with E-state index in [4.69, 9.17) is 18.0 Å². The van der Waals surface area contributed by atoms with Crippen molar-refractivity contribution in [1.29, 1.82) is 0 Å². The number of nitrogens with two attached hydrogens (primary N) is 1. The Morgan fingerprint density at radius 1 is 1.00 bits per heavy atom. The number of thiocarbonyl (C=S) groups is 1. The van der Waals surface area contributed by atoms with Gasteiger partial charge < -0.3 is 11.1 Å². The highest BCUT2D eigenvalue weighted by Gasteiger charge is 2.61. The molecule has 27 heavy (non-hydrogen) atoms. The van der Waals surface area contributed by atoms with Gasteiger partial charge in [-0.15, -0.1) is 0 Å². The summed E-state index contributed by atoms with van der Waals surface area (Å²) in [7, 11) is 0. The first-order valence-electron chi connectivity index (χ1n) is 10.8. The highest BCUT2D eigenvalue weighted by atomic mass is 32.1. The summed E-state index contributed by atoms with van der Waals surface area (Å²) >= 11 is 6.12. The second kappa shape index (κ2) is 6.42. The molecule has 0 spiro atoms. The molecule has 5 aliphatic carbocycles. The van der Waals surface area contributed by atoms with Gasteiger partial charge in [0.15, 0.2) is 0 Å². The van der Waals surface area contributed by atoms with E-state index in [0.717, 1.165) is 17.8 Å². The first-order valence-corrected chi connectivity index (χ1v) is 11.2. The molecule has 3 heteroatoms. The molecule has 0 saturated heterocycles. The van der Waals surface area contributed by atoms with E-state index in [1.165, 1.54) is 56.1 Å². The van der Waals surface area contributed by atoms with Crippen LogP contribution in [0.4, 0.5) is 0 Å². The second-order valence-electron chi connectivity index (χ2n) is 9.97. The molecule has 0 aromatic heterocycles. The van der Waals surface area contributed by atoms with Crippen LogP contribution in [0.5, 0.6) is 0 Å². The summed E-state index contributed by atoms with van der Waals surface area (Å²) in [6, 6.07) is 12.2. The van der Waals surface area contributed by atoms with Gasteiger partial charge in [-0.25, -0.2) is 0 Å². The Morgan fingerprint density at radius 3 is 2.26 bits per heavy atom. The van der Waals surface area contributed by atoms with Crippen molar-refractivity contribution in [3.8, 4) is 0 Å². The van der Waals surface area contributed by atoms with E-state index in [1.54, 1.807) is 0 Å². The monoisotopic (exact) mass is 380 g/mol. The minimum atomic E-state index is 0.178. The van der Waals surface area contributed by atoms with Crippen molar-refractivity contribution in [2.45, 2.75) is 75.3 Å². The lowest BCUT2D eigenvalue weighted by molar-refractivity contribution is 0.00615. The summed E-state index contributed by atoms with van der Waals surface area (Å²) in [4.78, 5) is 1.16. The smallest absolute Gasteiger partial charge is 0.0818 e. The molecule has 4 bridgehead atoms.